The summed E-state index contributed by atoms with van der Waals surface area (Å²) in [5.74, 6) is 0.656. The van der Waals surface area contributed by atoms with Crippen LogP contribution in [0, 0.1) is 0 Å². The summed E-state index contributed by atoms with van der Waals surface area (Å²) in [5, 5.41) is 20.2. The monoisotopic (exact) mass is 401 g/mol. The van der Waals surface area contributed by atoms with Crippen molar-refractivity contribution in [3.63, 3.8) is 0 Å². The van der Waals surface area contributed by atoms with Gasteiger partial charge in [0.2, 0.25) is 0 Å². The van der Waals surface area contributed by atoms with Crippen molar-refractivity contribution < 1.29 is 14.9 Å². The number of nitrogens with zero attached hydrogens (tertiary/aromatic N) is 2. The molecule has 2 heterocycles. The number of hydrogen-bond acceptors (Lipinski definition) is 6. The van der Waals surface area contributed by atoms with Crippen molar-refractivity contribution >= 4 is 37.2 Å². The summed E-state index contributed by atoms with van der Waals surface area (Å²) in [6.45, 7) is 1.55. The highest BCUT2D eigenvalue weighted by Crippen LogP contribution is 2.29. The lowest BCUT2D eigenvalue weighted by Gasteiger charge is -2.37. The summed E-state index contributed by atoms with van der Waals surface area (Å²) in [6.07, 6.45) is 4.29. The molecule has 2 aliphatic rings. The van der Waals surface area contributed by atoms with E-state index < -0.39 is 6.10 Å². The van der Waals surface area contributed by atoms with Gasteiger partial charge >= 0.3 is 0 Å². The Morgan fingerprint density at radius 1 is 1.17 bits per heavy atom. The molecule has 0 aromatic carbocycles. The molecule has 1 saturated carbocycles. The number of halogens is 3. The first-order valence-electron chi connectivity index (χ1n) is 7.57. The van der Waals surface area contributed by atoms with E-state index in [1.54, 1.807) is 18.5 Å². The van der Waals surface area contributed by atoms with Gasteiger partial charge in [0.25, 0.3) is 0 Å². The van der Waals surface area contributed by atoms with Crippen LogP contribution in [0.4, 0.5) is 0 Å². The lowest BCUT2D eigenvalue weighted by molar-refractivity contribution is -0.0130. The second-order valence-electron chi connectivity index (χ2n) is 5.99. The van der Waals surface area contributed by atoms with Crippen LogP contribution < -0.4 is 10.5 Å². The minimum atomic E-state index is -0.615. The molecule has 1 aliphatic heterocycles. The fraction of sp³-hybridized carbons (Fsp3) is 0.667. The molecule has 0 amide bonds. The molecule has 9 heteroatoms. The van der Waals surface area contributed by atoms with Crippen molar-refractivity contribution in [3.8, 4) is 5.75 Å². The summed E-state index contributed by atoms with van der Waals surface area (Å²) < 4.78 is 5.83. The summed E-state index contributed by atoms with van der Waals surface area (Å²) >= 11 is 0. The van der Waals surface area contributed by atoms with E-state index in [0.717, 1.165) is 25.9 Å². The van der Waals surface area contributed by atoms with Gasteiger partial charge in [0, 0.05) is 31.7 Å². The quantitative estimate of drug-likeness (QED) is 0.699. The first kappa shape index (κ1) is 23.7. The first-order valence-corrected chi connectivity index (χ1v) is 7.57. The van der Waals surface area contributed by atoms with Crippen molar-refractivity contribution in [2.45, 2.75) is 49.7 Å². The molecular formula is C15H26Cl3N3O3. The van der Waals surface area contributed by atoms with E-state index in [0.29, 0.717) is 12.2 Å². The minimum Gasteiger partial charge on any atom is -0.486 e. The molecule has 0 unspecified atom stereocenters. The highest BCUT2D eigenvalue weighted by Gasteiger charge is 2.45. The van der Waals surface area contributed by atoms with Crippen LogP contribution in [0.2, 0.25) is 0 Å². The summed E-state index contributed by atoms with van der Waals surface area (Å²) in [5.41, 5.74) is 6.22. The third kappa shape index (κ3) is 5.33. The molecule has 0 spiro atoms. The SMILES string of the molecule is Cl.Cl.Cl.N[C@@H]1C[C@@H](Oc2cccnc2)[C@H](O)[C@H]1N1CCC(O)CC1. The van der Waals surface area contributed by atoms with Gasteiger partial charge in [0.05, 0.1) is 18.3 Å². The van der Waals surface area contributed by atoms with Gasteiger partial charge in [-0.1, -0.05) is 0 Å². The normalized spacial score (nSPS) is 30.6. The van der Waals surface area contributed by atoms with Gasteiger partial charge in [-0.25, -0.2) is 0 Å². The molecule has 1 saturated heterocycles. The molecule has 140 valence electrons. The van der Waals surface area contributed by atoms with E-state index in [-0.39, 0.29) is 61.5 Å². The average molecular weight is 403 g/mol. The molecule has 4 atom stereocenters. The van der Waals surface area contributed by atoms with Crippen molar-refractivity contribution in [1.29, 1.82) is 0 Å². The molecule has 3 rings (SSSR count). The first-order chi connectivity index (χ1) is 10.1. The summed E-state index contributed by atoms with van der Waals surface area (Å²) in [4.78, 5) is 6.20. The van der Waals surface area contributed by atoms with Crippen LogP contribution in [0.25, 0.3) is 0 Å². The number of likely N-dealkylation sites (tertiary alicyclic amines) is 1. The molecule has 0 bridgehead atoms. The smallest absolute Gasteiger partial charge is 0.138 e. The third-order valence-electron chi connectivity index (χ3n) is 4.52. The topological polar surface area (TPSA) is 91.8 Å². The number of aliphatic hydroxyl groups is 2. The van der Waals surface area contributed by atoms with E-state index in [9.17, 15) is 10.2 Å². The number of aromatic nitrogens is 1. The van der Waals surface area contributed by atoms with Crippen LogP contribution in [-0.4, -0.2) is 63.6 Å². The largest absolute Gasteiger partial charge is 0.486 e. The number of nitrogens with two attached hydrogens (primary N) is 1. The zero-order chi connectivity index (χ0) is 14.8. The van der Waals surface area contributed by atoms with E-state index in [2.05, 4.69) is 9.88 Å². The zero-order valence-corrected chi connectivity index (χ0v) is 15.7. The van der Waals surface area contributed by atoms with Crippen LogP contribution in [-0.2, 0) is 0 Å². The Hall–Kier alpha value is -0.340. The Bertz CT molecular complexity index is 464. The fourth-order valence-corrected chi connectivity index (χ4v) is 3.40. The van der Waals surface area contributed by atoms with E-state index in [4.69, 9.17) is 10.5 Å². The molecule has 1 aromatic heterocycles. The molecule has 24 heavy (non-hydrogen) atoms. The number of hydrogen-bond donors (Lipinski definition) is 3. The van der Waals surface area contributed by atoms with Gasteiger partial charge in [-0.15, -0.1) is 37.2 Å². The Morgan fingerprint density at radius 3 is 2.42 bits per heavy atom. The van der Waals surface area contributed by atoms with Crippen LogP contribution in [0.1, 0.15) is 19.3 Å². The highest BCUT2D eigenvalue weighted by atomic mass is 35.5. The Labute approximate surface area is 161 Å². The van der Waals surface area contributed by atoms with Crippen molar-refractivity contribution in [2.24, 2.45) is 5.73 Å². The van der Waals surface area contributed by atoms with E-state index >= 15 is 0 Å². The van der Waals surface area contributed by atoms with Gasteiger partial charge in [-0.05, 0) is 25.0 Å². The minimum absolute atomic E-state index is 0. The second kappa shape index (κ2) is 10.6. The number of aliphatic hydroxyl groups excluding tert-OH is 2. The van der Waals surface area contributed by atoms with E-state index in [1.807, 2.05) is 6.07 Å². The Morgan fingerprint density at radius 2 is 1.83 bits per heavy atom. The van der Waals surface area contributed by atoms with Gasteiger partial charge in [0.1, 0.15) is 18.0 Å². The molecule has 4 N–H and O–H groups in total. The fourth-order valence-electron chi connectivity index (χ4n) is 3.40. The lowest BCUT2D eigenvalue weighted by atomic mass is 10.0. The average Bonchev–Trinajstić information content (AvgIpc) is 2.76. The molecule has 1 aromatic rings. The summed E-state index contributed by atoms with van der Waals surface area (Å²) in [6, 6.07) is 3.42. The number of pyridine rings is 1. The van der Waals surface area contributed by atoms with Crippen molar-refractivity contribution in [1.82, 2.24) is 9.88 Å². The molecule has 6 nitrogen and oxygen atoms in total. The zero-order valence-electron chi connectivity index (χ0n) is 13.2. The van der Waals surface area contributed by atoms with Crippen LogP contribution in [0.5, 0.6) is 5.75 Å². The van der Waals surface area contributed by atoms with Gasteiger partial charge in [0.15, 0.2) is 0 Å². The highest BCUT2D eigenvalue weighted by molar-refractivity contribution is 5.86. The van der Waals surface area contributed by atoms with E-state index in [1.165, 1.54) is 0 Å². The molecule has 0 radical (unpaired) electrons. The summed E-state index contributed by atoms with van der Waals surface area (Å²) in [7, 11) is 0. The van der Waals surface area contributed by atoms with Crippen molar-refractivity contribution in [2.75, 3.05) is 13.1 Å². The lowest BCUT2D eigenvalue weighted by Crippen LogP contribution is -2.53. The number of piperidine rings is 1. The Balaban J connectivity index is 0.00000176. The Kier molecular flexibility index (Phi) is 10.5. The van der Waals surface area contributed by atoms with Gasteiger partial charge < -0.3 is 20.7 Å². The van der Waals surface area contributed by atoms with Crippen LogP contribution in [0.15, 0.2) is 24.5 Å². The third-order valence-corrected chi connectivity index (χ3v) is 4.52. The predicted octanol–water partition coefficient (Wildman–Crippen LogP) is 1.01. The second-order valence-corrected chi connectivity index (χ2v) is 5.99. The van der Waals surface area contributed by atoms with Crippen molar-refractivity contribution in [3.05, 3.63) is 24.5 Å². The number of ether oxygens (including phenoxy) is 1. The standard InChI is InChI=1S/C15H23N3O3.3ClH/c16-12-8-13(21-11-2-1-5-17-9-11)15(20)14(12)18-6-3-10(19)4-7-18;;;/h1-2,5,9-10,12-15,19-20H,3-4,6-8,16H2;3*1H/t12-,13-,14+,15+;;;/m1.../s1. The van der Waals surface area contributed by atoms with Crippen LogP contribution >= 0.6 is 37.2 Å². The maximum Gasteiger partial charge on any atom is 0.138 e. The maximum atomic E-state index is 10.6. The molecule has 1 aliphatic carbocycles. The molecule has 2 fully saturated rings. The van der Waals surface area contributed by atoms with Gasteiger partial charge in [-0.2, -0.15) is 0 Å². The predicted molar refractivity (Wildman–Crippen MR) is 99.6 cm³/mol. The maximum absolute atomic E-state index is 10.6. The number of rotatable bonds is 3. The van der Waals surface area contributed by atoms with Crippen LogP contribution in [0.3, 0.4) is 0 Å². The molecular weight excluding hydrogens is 377 g/mol. The van der Waals surface area contributed by atoms with Gasteiger partial charge in [-0.3, -0.25) is 9.88 Å².